The number of hydrogen-bond acceptors (Lipinski definition) is 1. The summed E-state index contributed by atoms with van der Waals surface area (Å²) < 4.78 is 2.34. The normalized spacial score (nSPS) is 12.1. The SMILES string of the molecule is N#Cc1ccc2c3c1ccc1c(-c4ccc5ccc6c(-c7ccc8ccccc8c7)ccc7ccc4c5c76)ccc(c13)n2-c1ccccc1. The Labute approximate surface area is 282 Å². The highest BCUT2D eigenvalue weighted by Gasteiger charge is 2.22. The van der Waals surface area contributed by atoms with Crippen molar-refractivity contribution >= 4 is 75.7 Å². The molecule has 0 fully saturated rings. The molecule has 0 saturated carbocycles. The van der Waals surface area contributed by atoms with Gasteiger partial charge in [0, 0.05) is 21.8 Å². The van der Waals surface area contributed by atoms with Gasteiger partial charge in [-0.05, 0) is 107 Å². The third kappa shape index (κ3) is 3.54. The molecule has 11 aromatic rings. The second-order valence-electron chi connectivity index (χ2n) is 13.2. The molecule has 0 saturated heterocycles. The number of para-hydroxylation sites is 1. The van der Waals surface area contributed by atoms with E-state index in [0.717, 1.165) is 27.5 Å². The zero-order chi connectivity index (χ0) is 32.2. The van der Waals surface area contributed by atoms with Gasteiger partial charge in [0.25, 0.3) is 0 Å². The lowest BCUT2D eigenvalue weighted by Gasteiger charge is -2.17. The molecule has 0 aliphatic rings. The molecule has 0 aliphatic carbocycles. The largest absolute Gasteiger partial charge is 0.309 e. The Morgan fingerprint density at radius 2 is 0.918 bits per heavy atom. The number of aromatic nitrogens is 1. The van der Waals surface area contributed by atoms with Crippen molar-refractivity contribution in [1.82, 2.24) is 4.57 Å². The lowest BCUT2D eigenvalue weighted by Crippen LogP contribution is -1.93. The number of nitriles is 1. The maximum atomic E-state index is 10.1. The molecule has 0 radical (unpaired) electrons. The third-order valence-corrected chi connectivity index (χ3v) is 10.7. The zero-order valence-corrected chi connectivity index (χ0v) is 26.4. The van der Waals surface area contributed by atoms with Gasteiger partial charge >= 0.3 is 0 Å². The van der Waals surface area contributed by atoms with Crippen molar-refractivity contribution in [3.05, 3.63) is 163 Å². The van der Waals surface area contributed by atoms with Crippen LogP contribution in [-0.4, -0.2) is 4.57 Å². The van der Waals surface area contributed by atoms with Crippen LogP contribution in [0.4, 0.5) is 0 Å². The first-order chi connectivity index (χ1) is 24.3. The van der Waals surface area contributed by atoms with Gasteiger partial charge in [-0.3, -0.25) is 0 Å². The molecule has 0 aliphatic heterocycles. The van der Waals surface area contributed by atoms with Gasteiger partial charge in [-0.2, -0.15) is 5.26 Å². The van der Waals surface area contributed by atoms with Crippen LogP contribution in [0.3, 0.4) is 0 Å². The van der Waals surface area contributed by atoms with Crippen molar-refractivity contribution in [3.8, 4) is 34.0 Å². The van der Waals surface area contributed by atoms with Crippen LogP contribution >= 0.6 is 0 Å². The smallest absolute Gasteiger partial charge is 0.0998 e. The molecule has 1 aromatic heterocycles. The van der Waals surface area contributed by atoms with E-state index < -0.39 is 0 Å². The summed E-state index contributed by atoms with van der Waals surface area (Å²) in [6, 6.07) is 59.7. The van der Waals surface area contributed by atoms with Crippen LogP contribution in [0.15, 0.2) is 158 Å². The van der Waals surface area contributed by atoms with E-state index in [-0.39, 0.29) is 0 Å². The Hall–Kier alpha value is -6.69. The van der Waals surface area contributed by atoms with Crippen LogP contribution in [0.5, 0.6) is 0 Å². The fourth-order valence-electron chi connectivity index (χ4n) is 8.59. The third-order valence-electron chi connectivity index (χ3n) is 10.7. The molecule has 11 rings (SSSR count). The van der Waals surface area contributed by atoms with Crippen molar-refractivity contribution in [1.29, 1.82) is 5.26 Å². The lowest BCUT2D eigenvalue weighted by molar-refractivity contribution is 1.18. The van der Waals surface area contributed by atoms with Crippen molar-refractivity contribution in [2.24, 2.45) is 0 Å². The minimum absolute atomic E-state index is 0.705. The van der Waals surface area contributed by atoms with Crippen LogP contribution in [0.1, 0.15) is 5.56 Å². The predicted octanol–water partition coefficient (Wildman–Crippen LogP) is 12.6. The topological polar surface area (TPSA) is 28.7 Å². The summed E-state index contributed by atoms with van der Waals surface area (Å²) in [5, 5.41) is 24.8. The van der Waals surface area contributed by atoms with E-state index in [2.05, 4.69) is 162 Å². The van der Waals surface area contributed by atoms with E-state index >= 15 is 0 Å². The van der Waals surface area contributed by atoms with E-state index in [1.807, 2.05) is 6.07 Å². The molecule has 224 valence electrons. The quantitative estimate of drug-likeness (QED) is 0.181. The van der Waals surface area contributed by atoms with Crippen LogP contribution < -0.4 is 0 Å². The maximum absolute atomic E-state index is 10.1. The van der Waals surface area contributed by atoms with E-state index in [4.69, 9.17) is 0 Å². The summed E-state index contributed by atoms with van der Waals surface area (Å²) in [7, 11) is 0. The first kappa shape index (κ1) is 26.4. The van der Waals surface area contributed by atoms with Gasteiger partial charge in [-0.25, -0.2) is 0 Å². The lowest BCUT2D eigenvalue weighted by atomic mass is 9.86. The molecule has 49 heavy (non-hydrogen) atoms. The summed E-state index contributed by atoms with van der Waals surface area (Å²) in [4.78, 5) is 0. The maximum Gasteiger partial charge on any atom is 0.0998 e. The highest BCUT2D eigenvalue weighted by molar-refractivity contribution is 6.31. The van der Waals surface area contributed by atoms with E-state index in [9.17, 15) is 5.26 Å². The molecular formula is C47H26N2. The minimum Gasteiger partial charge on any atom is -0.309 e. The molecular weight excluding hydrogens is 593 g/mol. The molecule has 0 spiro atoms. The minimum atomic E-state index is 0.705. The van der Waals surface area contributed by atoms with Crippen LogP contribution in [-0.2, 0) is 0 Å². The Kier molecular flexibility index (Phi) is 5.21. The van der Waals surface area contributed by atoms with E-state index in [1.54, 1.807) is 0 Å². The number of nitrogens with zero attached hydrogens (tertiary/aromatic N) is 2. The van der Waals surface area contributed by atoms with Crippen LogP contribution in [0.2, 0.25) is 0 Å². The fraction of sp³-hybridized carbons (Fsp3) is 0. The first-order valence-electron chi connectivity index (χ1n) is 16.7. The summed E-state index contributed by atoms with van der Waals surface area (Å²) in [5.41, 5.74) is 9.01. The Morgan fingerprint density at radius 1 is 0.388 bits per heavy atom. The Bertz CT molecular complexity index is 3160. The molecule has 1 heterocycles. The standard InChI is InChI=1S/C47H26N2/c48-27-33-16-24-42-46-36(33)21-22-41-38(23-25-43(47(41)46)49(42)34-8-2-1-3-9-34)37-18-13-30-14-19-39-35(17-12-29-15-20-40(37)45(30)44(29)39)32-11-10-28-6-4-5-7-31(28)26-32/h1-26H. The van der Waals surface area contributed by atoms with Crippen molar-refractivity contribution < 1.29 is 0 Å². The van der Waals surface area contributed by atoms with Crippen molar-refractivity contribution in [2.45, 2.75) is 0 Å². The summed E-state index contributed by atoms with van der Waals surface area (Å²) in [6.45, 7) is 0. The molecule has 0 amide bonds. The Balaban J connectivity index is 1.20. The average molecular weight is 619 g/mol. The van der Waals surface area contributed by atoms with Gasteiger partial charge in [0.05, 0.1) is 22.7 Å². The van der Waals surface area contributed by atoms with Gasteiger partial charge in [0.2, 0.25) is 0 Å². The average Bonchev–Trinajstić information content (AvgIpc) is 3.51. The fourth-order valence-corrected chi connectivity index (χ4v) is 8.59. The van der Waals surface area contributed by atoms with Crippen LogP contribution in [0, 0.1) is 11.3 Å². The number of fused-ring (bicyclic) bond motifs is 1. The van der Waals surface area contributed by atoms with Crippen molar-refractivity contribution in [3.63, 3.8) is 0 Å². The number of hydrogen-bond donors (Lipinski definition) is 0. The van der Waals surface area contributed by atoms with Gasteiger partial charge in [0.15, 0.2) is 0 Å². The predicted molar refractivity (Wildman–Crippen MR) is 206 cm³/mol. The van der Waals surface area contributed by atoms with Crippen LogP contribution in [0.25, 0.3) is 104 Å². The Morgan fingerprint density at radius 3 is 1.67 bits per heavy atom. The number of benzene rings is 10. The monoisotopic (exact) mass is 618 g/mol. The second kappa shape index (κ2) is 9.67. The summed E-state index contributed by atoms with van der Waals surface area (Å²) >= 11 is 0. The molecule has 0 atom stereocenters. The van der Waals surface area contributed by atoms with Crippen molar-refractivity contribution in [2.75, 3.05) is 0 Å². The zero-order valence-electron chi connectivity index (χ0n) is 26.4. The van der Waals surface area contributed by atoms with Gasteiger partial charge < -0.3 is 4.57 Å². The molecule has 10 aromatic carbocycles. The summed E-state index contributed by atoms with van der Waals surface area (Å²) in [5.74, 6) is 0. The molecule has 0 unspecified atom stereocenters. The van der Waals surface area contributed by atoms with Gasteiger partial charge in [-0.1, -0.05) is 121 Å². The molecule has 2 nitrogen and oxygen atoms in total. The molecule has 2 heteroatoms. The number of rotatable bonds is 3. The van der Waals surface area contributed by atoms with Gasteiger partial charge in [-0.15, -0.1) is 0 Å². The molecule has 0 bridgehead atoms. The highest BCUT2D eigenvalue weighted by Crippen LogP contribution is 2.47. The highest BCUT2D eigenvalue weighted by atomic mass is 15.0. The van der Waals surface area contributed by atoms with E-state index in [0.29, 0.717) is 5.56 Å². The second-order valence-corrected chi connectivity index (χ2v) is 13.2. The van der Waals surface area contributed by atoms with E-state index in [1.165, 1.54) is 76.1 Å². The molecule has 0 N–H and O–H groups in total. The summed E-state index contributed by atoms with van der Waals surface area (Å²) in [6.07, 6.45) is 0. The first-order valence-corrected chi connectivity index (χ1v) is 16.7. The van der Waals surface area contributed by atoms with Gasteiger partial charge in [0.1, 0.15) is 0 Å².